The number of amides is 3. The van der Waals surface area contributed by atoms with Gasteiger partial charge in [-0.3, -0.25) is 19.2 Å². The van der Waals surface area contributed by atoms with Gasteiger partial charge in [-0.1, -0.05) is 41.4 Å². The van der Waals surface area contributed by atoms with Crippen LogP contribution in [0.2, 0.25) is 10.0 Å². The Bertz CT molecular complexity index is 1210. The van der Waals surface area contributed by atoms with Crippen LogP contribution in [0.15, 0.2) is 42.5 Å². The highest BCUT2D eigenvalue weighted by atomic mass is 35.5. The zero-order valence-corrected chi connectivity index (χ0v) is 22.8. The number of methoxy groups -OCH3 is 1. The predicted molar refractivity (Wildman–Crippen MR) is 145 cm³/mol. The van der Waals surface area contributed by atoms with Gasteiger partial charge >= 0.3 is 11.9 Å². The summed E-state index contributed by atoms with van der Waals surface area (Å²) in [6, 6.07) is 9.95. The standard InChI is InChI=1S/C27H29Cl2N3O7/c1-39-27(38)21(31-24(34)18(26(36)37)15-22(33)32-12-3-2-4-13-32)14-16-8-10-17(11-9-16)30-25(35)23-19(28)6-5-7-20(23)29/h5-11,18,21H,2-4,12-15H2,1H3,(H,30,35)(H,31,34)(H,36,37)/t18?,21-/m0/s1. The molecule has 0 bridgehead atoms. The summed E-state index contributed by atoms with van der Waals surface area (Å²) in [5.41, 5.74) is 1.15. The number of ether oxygens (including phenoxy) is 1. The summed E-state index contributed by atoms with van der Waals surface area (Å²) < 4.78 is 4.79. The van der Waals surface area contributed by atoms with E-state index in [4.69, 9.17) is 27.9 Å². The molecule has 10 nitrogen and oxygen atoms in total. The SMILES string of the molecule is COC(=O)[C@H](Cc1ccc(NC(=O)c2c(Cl)cccc2Cl)cc1)NC(=O)C(CC(=O)N1CCCCC1)C(=O)O. The molecule has 208 valence electrons. The second kappa shape index (κ2) is 14.0. The van der Waals surface area contributed by atoms with E-state index < -0.39 is 48.0 Å². The number of carbonyl (C=O) groups excluding carboxylic acids is 4. The molecule has 1 saturated heterocycles. The first kappa shape index (κ1) is 29.9. The number of carboxylic acids is 1. The van der Waals surface area contributed by atoms with Crippen LogP contribution in [0.25, 0.3) is 0 Å². The first-order chi connectivity index (χ1) is 18.6. The Morgan fingerprint density at radius 3 is 2.15 bits per heavy atom. The molecule has 1 aliphatic rings. The number of piperidine rings is 1. The molecule has 3 rings (SSSR count). The monoisotopic (exact) mass is 577 g/mol. The van der Waals surface area contributed by atoms with Gasteiger partial charge in [0.2, 0.25) is 11.8 Å². The molecule has 0 spiro atoms. The maximum atomic E-state index is 12.8. The first-order valence-electron chi connectivity index (χ1n) is 12.3. The average Bonchev–Trinajstić information content (AvgIpc) is 2.91. The quantitative estimate of drug-likeness (QED) is 0.289. The highest BCUT2D eigenvalue weighted by molar-refractivity contribution is 6.40. The van der Waals surface area contributed by atoms with Gasteiger partial charge in [-0.2, -0.15) is 0 Å². The fraction of sp³-hybridized carbons (Fsp3) is 0.370. The van der Waals surface area contributed by atoms with Gasteiger partial charge in [0.15, 0.2) is 0 Å². The van der Waals surface area contributed by atoms with Crippen molar-refractivity contribution in [3.63, 3.8) is 0 Å². The summed E-state index contributed by atoms with van der Waals surface area (Å²) in [6.45, 7) is 1.05. The van der Waals surface area contributed by atoms with E-state index >= 15 is 0 Å². The van der Waals surface area contributed by atoms with Crippen molar-refractivity contribution in [3.05, 3.63) is 63.6 Å². The van der Waals surface area contributed by atoms with Crippen molar-refractivity contribution in [1.82, 2.24) is 10.2 Å². The Balaban J connectivity index is 1.66. The number of nitrogens with zero attached hydrogens (tertiary/aromatic N) is 1. The Labute approximate surface area is 235 Å². The zero-order chi connectivity index (χ0) is 28.5. The van der Waals surface area contributed by atoms with Gasteiger partial charge in [0, 0.05) is 31.6 Å². The molecular weight excluding hydrogens is 549 g/mol. The number of likely N-dealkylation sites (tertiary alicyclic amines) is 1. The lowest BCUT2D eigenvalue weighted by Crippen LogP contribution is -2.48. The Hall–Kier alpha value is -3.63. The second-order valence-electron chi connectivity index (χ2n) is 9.07. The molecule has 0 aromatic heterocycles. The number of nitrogens with one attached hydrogen (secondary N) is 2. The highest BCUT2D eigenvalue weighted by Crippen LogP contribution is 2.25. The van der Waals surface area contributed by atoms with E-state index in [1.807, 2.05) is 0 Å². The zero-order valence-electron chi connectivity index (χ0n) is 21.2. The number of halogens is 2. The van der Waals surface area contributed by atoms with E-state index in [1.165, 1.54) is 0 Å². The molecular formula is C27H29Cl2N3O7. The van der Waals surface area contributed by atoms with Crippen LogP contribution >= 0.6 is 23.2 Å². The molecule has 1 unspecified atom stereocenters. The molecule has 0 aliphatic carbocycles. The minimum Gasteiger partial charge on any atom is -0.481 e. The third-order valence-electron chi connectivity index (χ3n) is 6.35. The largest absolute Gasteiger partial charge is 0.481 e. The molecule has 2 aromatic carbocycles. The second-order valence-corrected chi connectivity index (χ2v) is 9.89. The summed E-state index contributed by atoms with van der Waals surface area (Å²) in [4.78, 5) is 63.8. The topological polar surface area (TPSA) is 142 Å². The Morgan fingerprint density at radius 1 is 0.974 bits per heavy atom. The number of carbonyl (C=O) groups is 5. The van der Waals surface area contributed by atoms with Crippen molar-refractivity contribution < 1.29 is 33.8 Å². The molecule has 2 aromatic rings. The predicted octanol–water partition coefficient (Wildman–Crippen LogP) is 3.55. The van der Waals surface area contributed by atoms with Crippen LogP contribution in [0.4, 0.5) is 5.69 Å². The molecule has 2 atom stereocenters. The first-order valence-corrected chi connectivity index (χ1v) is 13.1. The van der Waals surface area contributed by atoms with Crippen LogP contribution in [0.5, 0.6) is 0 Å². The normalized spacial score (nSPS) is 14.6. The van der Waals surface area contributed by atoms with E-state index in [1.54, 1.807) is 47.4 Å². The number of carboxylic acid groups (broad SMARTS) is 1. The minimum absolute atomic E-state index is 0.0185. The summed E-state index contributed by atoms with van der Waals surface area (Å²) in [5.74, 6) is -5.76. The Kier molecular flexibility index (Phi) is 10.7. The smallest absolute Gasteiger partial charge is 0.328 e. The van der Waals surface area contributed by atoms with E-state index in [-0.39, 0.29) is 22.0 Å². The lowest BCUT2D eigenvalue weighted by Gasteiger charge is -2.28. The number of benzene rings is 2. The van der Waals surface area contributed by atoms with Crippen molar-refractivity contribution >= 4 is 58.5 Å². The molecule has 0 saturated carbocycles. The van der Waals surface area contributed by atoms with Gasteiger partial charge in [-0.25, -0.2) is 4.79 Å². The summed E-state index contributed by atoms with van der Waals surface area (Å²) in [7, 11) is 1.15. The molecule has 3 amide bonds. The van der Waals surface area contributed by atoms with Crippen molar-refractivity contribution in [3.8, 4) is 0 Å². The van der Waals surface area contributed by atoms with Crippen LogP contribution < -0.4 is 10.6 Å². The average molecular weight is 578 g/mol. The third kappa shape index (κ3) is 8.18. The van der Waals surface area contributed by atoms with Gasteiger partial charge in [0.1, 0.15) is 12.0 Å². The summed E-state index contributed by atoms with van der Waals surface area (Å²) in [5, 5.41) is 15.1. The number of rotatable bonds is 10. The van der Waals surface area contributed by atoms with Gasteiger partial charge in [0.25, 0.3) is 5.91 Å². The number of hydrogen-bond donors (Lipinski definition) is 3. The van der Waals surface area contributed by atoms with Crippen LogP contribution in [0, 0.1) is 5.92 Å². The molecule has 0 radical (unpaired) electrons. The lowest BCUT2D eigenvalue weighted by molar-refractivity contribution is -0.153. The molecule has 1 fully saturated rings. The minimum atomic E-state index is -1.65. The fourth-order valence-corrected chi connectivity index (χ4v) is 4.78. The number of aliphatic carboxylic acids is 1. The Morgan fingerprint density at radius 2 is 1.59 bits per heavy atom. The van der Waals surface area contributed by atoms with Gasteiger partial charge in [0.05, 0.1) is 22.7 Å². The lowest BCUT2D eigenvalue weighted by atomic mass is 10.0. The molecule has 39 heavy (non-hydrogen) atoms. The van der Waals surface area contributed by atoms with E-state index in [0.717, 1.165) is 26.4 Å². The van der Waals surface area contributed by atoms with Crippen LogP contribution in [0.1, 0.15) is 41.6 Å². The third-order valence-corrected chi connectivity index (χ3v) is 6.98. The van der Waals surface area contributed by atoms with Crippen molar-refractivity contribution in [2.75, 3.05) is 25.5 Å². The van der Waals surface area contributed by atoms with Gasteiger partial charge in [-0.15, -0.1) is 0 Å². The maximum Gasteiger partial charge on any atom is 0.328 e. The van der Waals surface area contributed by atoms with Crippen LogP contribution in [0.3, 0.4) is 0 Å². The van der Waals surface area contributed by atoms with Crippen molar-refractivity contribution in [1.29, 1.82) is 0 Å². The van der Waals surface area contributed by atoms with E-state index in [2.05, 4.69) is 10.6 Å². The van der Waals surface area contributed by atoms with E-state index in [9.17, 15) is 29.1 Å². The number of hydrogen-bond acceptors (Lipinski definition) is 6. The van der Waals surface area contributed by atoms with Crippen LogP contribution in [-0.4, -0.2) is 65.9 Å². The van der Waals surface area contributed by atoms with Gasteiger partial charge in [-0.05, 0) is 49.1 Å². The fourth-order valence-electron chi connectivity index (χ4n) is 4.22. The number of esters is 1. The summed E-state index contributed by atoms with van der Waals surface area (Å²) >= 11 is 12.2. The van der Waals surface area contributed by atoms with Crippen LogP contribution in [-0.2, 0) is 30.3 Å². The summed E-state index contributed by atoms with van der Waals surface area (Å²) in [6.07, 6.45) is 2.14. The molecule has 12 heteroatoms. The number of anilines is 1. The highest BCUT2D eigenvalue weighted by Gasteiger charge is 2.34. The van der Waals surface area contributed by atoms with Crippen molar-refractivity contribution in [2.45, 2.75) is 38.1 Å². The maximum absolute atomic E-state index is 12.8. The van der Waals surface area contributed by atoms with Crippen molar-refractivity contribution in [2.24, 2.45) is 5.92 Å². The molecule has 1 heterocycles. The van der Waals surface area contributed by atoms with E-state index in [0.29, 0.717) is 24.3 Å². The van der Waals surface area contributed by atoms with Gasteiger partial charge < -0.3 is 25.4 Å². The molecule has 1 aliphatic heterocycles. The molecule has 3 N–H and O–H groups in total.